The first kappa shape index (κ1) is 8.55. The summed E-state index contributed by atoms with van der Waals surface area (Å²) >= 11 is 13.9. The molecule has 0 spiro atoms. The predicted molar refractivity (Wildman–Crippen MR) is 53.0 cm³/mol. The van der Waals surface area contributed by atoms with Crippen LogP contribution in [0.2, 0.25) is 0 Å². The van der Waals surface area contributed by atoms with Gasteiger partial charge in [-0.05, 0) is 0 Å². The fourth-order valence-electron chi connectivity index (χ4n) is 0.743. The quantitative estimate of drug-likeness (QED) is 0.540. The molecule has 0 amide bonds. The molecule has 2 heterocycles. The highest BCUT2D eigenvalue weighted by Gasteiger charge is 2.19. The highest BCUT2D eigenvalue weighted by molar-refractivity contribution is 7.96. The average molecular weight is 243 g/mol. The Kier molecular flexibility index (Phi) is 2.40. The van der Waals surface area contributed by atoms with Crippen LogP contribution in [0.5, 0.6) is 0 Å². The predicted octanol–water partition coefficient (Wildman–Crippen LogP) is 1.91. The van der Waals surface area contributed by atoms with E-state index < -0.39 is 0 Å². The summed E-state index contributed by atoms with van der Waals surface area (Å²) in [7, 11) is 0. The molecule has 0 aromatic heterocycles. The van der Waals surface area contributed by atoms with Crippen molar-refractivity contribution in [2.24, 2.45) is 0 Å². The van der Waals surface area contributed by atoms with Crippen molar-refractivity contribution in [3.05, 3.63) is 23.8 Å². The van der Waals surface area contributed by atoms with Crippen molar-refractivity contribution in [1.29, 1.82) is 0 Å². The molecule has 66 valence electrons. The Morgan fingerprint density at radius 2 is 1.42 bits per heavy atom. The zero-order valence-electron chi connectivity index (χ0n) is 5.62. The molecule has 0 aliphatic carbocycles. The van der Waals surface area contributed by atoms with Gasteiger partial charge in [-0.15, -0.1) is 0 Å². The van der Waals surface area contributed by atoms with Crippen LogP contribution in [-0.2, 0) is 0 Å². The number of hydrogen-bond acceptors (Lipinski definition) is 6. The Morgan fingerprint density at radius 1 is 1.00 bits per heavy atom. The molecule has 12 heavy (non-hydrogen) atoms. The molecule has 0 fully saturated rings. The monoisotopic (exact) mass is 242 g/mol. The van der Waals surface area contributed by atoms with Gasteiger partial charge < -0.3 is 9.44 Å². The molecule has 0 aromatic rings. The first-order valence-corrected chi connectivity index (χ1v) is 5.18. The lowest BCUT2D eigenvalue weighted by molar-refractivity contribution is 1.01. The van der Waals surface area contributed by atoms with Crippen LogP contribution in [0.15, 0.2) is 23.8 Å². The normalized spacial score (nSPS) is 21.8. The zero-order valence-corrected chi connectivity index (χ0v) is 8.77. The number of halogens is 2. The third-order valence-electron chi connectivity index (χ3n) is 1.24. The van der Waals surface area contributed by atoms with Crippen molar-refractivity contribution in [1.82, 2.24) is 17.1 Å². The Hall–Kier alpha value is -0.0400. The lowest BCUT2D eigenvalue weighted by Crippen LogP contribution is -2.07. The third kappa shape index (κ3) is 1.66. The van der Waals surface area contributed by atoms with Gasteiger partial charge in [0.05, 0.1) is 48.1 Å². The largest absolute Gasteiger partial charge is 0.308 e. The molecule has 4 nitrogen and oxygen atoms in total. The first-order valence-electron chi connectivity index (χ1n) is 2.96. The highest BCUT2D eigenvalue weighted by Crippen LogP contribution is 2.29. The van der Waals surface area contributed by atoms with Crippen LogP contribution in [0.1, 0.15) is 0 Å². The fourth-order valence-corrected chi connectivity index (χ4v) is 2.16. The van der Waals surface area contributed by atoms with Crippen molar-refractivity contribution in [3.8, 4) is 0 Å². The maximum atomic E-state index is 5.67. The molecule has 0 unspecified atom stereocenters. The summed E-state index contributed by atoms with van der Waals surface area (Å²) in [5.74, 6) is 0. The van der Waals surface area contributed by atoms with E-state index in [0.29, 0.717) is 0 Å². The molecule has 2 rings (SSSR count). The van der Waals surface area contributed by atoms with Gasteiger partial charge in [-0.25, -0.2) is 7.65 Å². The number of nitrogens with one attached hydrogen (secondary N) is 2. The van der Waals surface area contributed by atoms with Gasteiger partial charge in [-0.3, -0.25) is 0 Å². The number of hydrogen-bond donors (Lipinski definition) is 2. The summed E-state index contributed by atoms with van der Waals surface area (Å²) < 4.78 is 8.94. The van der Waals surface area contributed by atoms with E-state index in [2.05, 4.69) is 9.44 Å². The molecule has 2 aliphatic rings. The van der Waals surface area contributed by atoms with Gasteiger partial charge in [0.2, 0.25) is 0 Å². The second-order valence-corrected chi connectivity index (χ2v) is 4.71. The minimum absolute atomic E-state index is 0.908. The number of rotatable bonds is 1. The van der Waals surface area contributed by atoms with Crippen molar-refractivity contribution in [2.75, 3.05) is 0 Å². The van der Waals surface area contributed by atoms with Gasteiger partial charge >= 0.3 is 0 Å². The van der Waals surface area contributed by atoms with Gasteiger partial charge in [0.15, 0.2) is 0 Å². The van der Waals surface area contributed by atoms with Gasteiger partial charge in [0.25, 0.3) is 0 Å². The van der Waals surface area contributed by atoms with E-state index in [4.69, 9.17) is 23.6 Å². The van der Waals surface area contributed by atoms with E-state index in [1.165, 1.54) is 31.9 Å². The van der Waals surface area contributed by atoms with E-state index >= 15 is 0 Å². The summed E-state index contributed by atoms with van der Waals surface area (Å²) in [5.41, 5.74) is 1.82. The molecular formula is C4H4Cl2N4S2. The van der Waals surface area contributed by atoms with Crippen LogP contribution < -0.4 is 9.44 Å². The maximum Gasteiger partial charge on any atom is 0.0900 e. The molecular weight excluding hydrogens is 239 g/mol. The minimum Gasteiger partial charge on any atom is -0.308 e. The van der Waals surface area contributed by atoms with Crippen molar-refractivity contribution in [2.45, 2.75) is 0 Å². The highest BCUT2D eigenvalue weighted by atomic mass is 35.5. The van der Waals surface area contributed by atoms with Crippen LogP contribution in [0, 0.1) is 0 Å². The van der Waals surface area contributed by atoms with Crippen molar-refractivity contribution < 1.29 is 0 Å². The minimum atomic E-state index is 0.908. The van der Waals surface area contributed by atoms with Gasteiger partial charge in [0.1, 0.15) is 0 Å². The molecule has 0 saturated heterocycles. The molecule has 0 bridgehead atoms. The Bertz CT molecular complexity index is 229. The SMILES string of the molecule is ClN1C=C(C2=CN(Cl)SN2)NS1. The maximum absolute atomic E-state index is 5.67. The topological polar surface area (TPSA) is 30.5 Å². The Labute approximate surface area is 88.7 Å². The lowest BCUT2D eigenvalue weighted by Gasteiger charge is -2.00. The van der Waals surface area contributed by atoms with E-state index in [0.717, 1.165) is 11.4 Å². The average Bonchev–Trinajstić information content (AvgIpc) is 2.58. The second-order valence-electron chi connectivity index (χ2n) is 2.02. The van der Waals surface area contributed by atoms with E-state index in [1.807, 2.05) is 0 Å². The molecule has 2 N–H and O–H groups in total. The summed E-state index contributed by atoms with van der Waals surface area (Å²) in [4.78, 5) is 0. The zero-order chi connectivity index (χ0) is 8.55. The smallest absolute Gasteiger partial charge is 0.0900 e. The van der Waals surface area contributed by atoms with Crippen LogP contribution in [0.4, 0.5) is 0 Å². The molecule has 8 heteroatoms. The summed E-state index contributed by atoms with van der Waals surface area (Å²) in [6.07, 6.45) is 3.53. The van der Waals surface area contributed by atoms with E-state index in [1.54, 1.807) is 12.4 Å². The Balaban J connectivity index is 2.10. The first-order chi connectivity index (χ1) is 5.75. The fraction of sp³-hybridized carbons (Fsp3) is 0. The van der Waals surface area contributed by atoms with Gasteiger partial charge in [-0.2, -0.15) is 0 Å². The van der Waals surface area contributed by atoms with Gasteiger partial charge in [0, 0.05) is 23.6 Å². The van der Waals surface area contributed by atoms with Crippen LogP contribution in [0.3, 0.4) is 0 Å². The van der Waals surface area contributed by atoms with Crippen LogP contribution >= 0.6 is 47.8 Å². The summed E-state index contributed by atoms with van der Waals surface area (Å²) in [5, 5.41) is 0. The lowest BCUT2D eigenvalue weighted by atomic mass is 10.4. The second kappa shape index (κ2) is 3.37. The molecule has 0 radical (unpaired) electrons. The standard InChI is InChI=1S/C4H4Cl2N4S2/c5-9-1-3(7-11-9)4-2-10(6)12-8-4/h1-2,7-8H. The third-order valence-corrected chi connectivity index (χ3v) is 3.03. The molecule has 2 aliphatic heterocycles. The molecule has 0 saturated carbocycles. The molecule has 0 atom stereocenters. The molecule has 0 aromatic carbocycles. The van der Waals surface area contributed by atoms with Crippen LogP contribution in [0.25, 0.3) is 0 Å². The summed E-state index contributed by atoms with van der Waals surface area (Å²) in [6.45, 7) is 0. The number of nitrogens with zero attached hydrogens (tertiary/aromatic N) is 2. The van der Waals surface area contributed by atoms with Gasteiger partial charge in [-0.1, -0.05) is 0 Å². The van der Waals surface area contributed by atoms with Crippen LogP contribution in [-0.4, -0.2) is 7.65 Å². The summed E-state index contributed by atoms with van der Waals surface area (Å²) in [6, 6.07) is 0. The van der Waals surface area contributed by atoms with Crippen molar-refractivity contribution in [3.63, 3.8) is 0 Å². The van der Waals surface area contributed by atoms with Crippen molar-refractivity contribution >= 4 is 47.8 Å². The van der Waals surface area contributed by atoms with E-state index in [-0.39, 0.29) is 0 Å². The Morgan fingerprint density at radius 3 is 1.67 bits per heavy atom. The van der Waals surface area contributed by atoms with E-state index in [9.17, 15) is 0 Å².